The van der Waals surface area contributed by atoms with E-state index in [0.717, 1.165) is 5.56 Å². The summed E-state index contributed by atoms with van der Waals surface area (Å²) < 4.78 is 9.82. The van der Waals surface area contributed by atoms with Gasteiger partial charge >= 0.3 is 11.9 Å². The number of carbonyl (C=O) groups is 3. The molecule has 2 aromatic carbocycles. The number of esters is 2. The van der Waals surface area contributed by atoms with Gasteiger partial charge in [-0.25, -0.2) is 4.79 Å². The molecule has 1 amide bonds. The van der Waals surface area contributed by atoms with E-state index in [-0.39, 0.29) is 25.5 Å². The SMILES string of the molecule is COC(=O)c1cccc(COC(=O)CCNC(=O)c2ccccc2C)c1. The van der Waals surface area contributed by atoms with Crippen LogP contribution in [0.15, 0.2) is 48.5 Å². The van der Waals surface area contributed by atoms with Crippen LogP contribution >= 0.6 is 0 Å². The average Bonchev–Trinajstić information content (AvgIpc) is 2.66. The Morgan fingerprint density at radius 1 is 1.04 bits per heavy atom. The van der Waals surface area contributed by atoms with Gasteiger partial charge in [0.15, 0.2) is 0 Å². The molecule has 0 saturated heterocycles. The summed E-state index contributed by atoms with van der Waals surface area (Å²) in [7, 11) is 1.31. The van der Waals surface area contributed by atoms with Gasteiger partial charge in [-0.15, -0.1) is 0 Å². The van der Waals surface area contributed by atoms with Crippen LogP contribution in [0.5, 0.6) is 0 Å². The highest BCUT2D eigenvalue weighted by atomic mass is 16.5. The zero-order chi connectivity index (χ0) is 18.9. The minimum atomic E-state index is -0.447. The fourth-order valence-corrected chi connectivity index (χ4v) is 2.34. The Balaban J connectivity index is 1.77. The summed E-state index contributed by atoms with van der Waals surface area (Å²) in [6, 6.07) is 13.9. The second-order valence-corrected chi connectivity index (χ2v) is 5.67. The number of hydrogen-bond acceptors (Lipinski definition) is 5. The molecule has 6 heteroatoms. The number of carbonyl (C=O) groups excluding carboxylic acids is 3. The van der Waals surface area contributed by atoms with Crippen molar-refractivity contribution in [2.75, 3.05) is 13.7 Å². The van der Waals surface area contributed by atoms with Gasteiger partial charge < -0.3 is 14.8 Å². The molecular formula is C20H21NO5. The first-order valence-corrected chi connectivity index (χ1v) is 8.18. The molecule has 26 heavy (non-hydrogen) atoms. The highest BCUT2D eigenvalue weighted by molar-refractivity contribution is 5.95. The maximum absolute atomic E-state index is 12.0. The predicted molar refractivity (Wildman–Crippen MR) is 95.7 cm³/mol. The average molecular weight is 355 g/mol. The van der Waals surface area contributed by atoms with Crippen molar-refractivity contribution in [1.82, 2.24) is 5.32 Å². The van der Waals surface area contributed by atoms with Crippen LogP contribution in [-0.2, 0) is 20.9 Å². The van der Waals surface area contributed by atoms with E-state index in [2.05, 4.69) is 10.1 Å². The standard InChI is InChI=1S/C20H21NO5/c1-14-6-3-4-9-17(14)19(23)21-11-10-18(22)26-13-15-7-5-8-16(12-15)20(24)25-2/h3-9,12H,10-11,13H2,1-2H3,(H,21,23). The fourth-order valence-electron chi connectivity index (χ4n) is 2.34. The zero-order valence-electron chi connectivity index (χ0n) is 14.8. The zero-order valence-corrected chi connectivity index (χ0v) is 14.8. The molecule has 0 fully saturated rings. The smallest absolute Gasteiger partial charge is 0.337 e. The molecule has 0 heterocycles. The Morgan fingerprint density at radius 2 is 1.81 bits per heavy atom. The first-order chi connectivity index (χ1) is 12.5. The van der Waals surface area contributed by atoms with Gasteiger partial charge in [0.25, 0.3) is 5.91 Å². The van der Waals surface area contributed by atoms with Gasteiger partial charge in [-0.1, -0.05) is 30.3 Å². The molecule has 2 rings (SSSR count). The van der Waals surface area contributed by atoms with Crippen molar-refractivity contribution in [2.24, 2.45) is 0 Å². The van der Waals surface area contributed by atoms with Gasteiger partial charge in [0, 0.05) is 12.1 Å². The predicted octanol–water partition coefficient (Wildman–Crippen LogP) is 2.64. The Morgan fingerprint density at radius 3 is 2.54 bits per heavy atom. The topological polar surface area (TPSA) is 81.7 Å². The summed E-state index contributed by atoms with van der Waals surface area (Å²) in [5.74, 6) is -1.10. The van der Waals surface area contributed by atoms with Gasteiger partial charge in [-0.3, -0.25) is 9.59 Å². The van der Waals surface area contributed by atoms with Crippen molar-refractivity contribution >= 4 is 17.8 Å². The highest BCUT2D eigenvalue weighted by Gasteiger charge is 2.10. The lowest BCUT2D eigenvalue weighted by molar-refractivity contribution is -0.144. The van der Waals surface area contributed by atoms with Crippen molar-refractivity contribution in [1.29, 1.82) is 0 Å². The van der Waals surface area contributed by atoms with E-state index in [9.17, 15) is 14.4 Å². The summed E-state index contributed by atoms with van der Waals surface area (Å²) in [5, 5.41) is 2.70. The van der Waals surface area contributed by atoms with Gasteiger partial charge in [-0.05, 0) is 36.2 Å². The van der Waals surface area contributed by atoms with E-state index in [0.29, 0.717) is 16.7 Å². The van der Waals surface area contributed by atoms with Crippen molar-refractivity contribution in [3.8, 4) is 0 Å². The molecule has 136 valence electrons. The third-order valence-corrected chi connectivity index (χ3v) is 3.75. The second kappa shape index (κ2) is 9.36. The van der Waals surface area contributed by atoms with Crippen LogP contribution in [0.1, 0.15) is 38.3 Å². The van der Waals surface area contributed by atoms with Crippen molar-refractivity contribution in [3.05, 3.63) is 70.8 Å². The Hall–Kier alpha value is -3.15. The second-order valence-electron chi connectivity index (χ2n) is 5.67. The number of rotatable bonds is 7. The fraction of sp³-hybridized carbons (Fsp3) is 0.250. The number of hydrogen-bond donors (Lipinski definition) is 1. The lowest BCUT2D eigenvalue weighted by atomic mass is 10.1. The molecule has 0 spiro atoms. The Kier molecular flexibility index (Phi) is 6.91. The third-order valence-electron chi connectivity index (χ3n) is 3.75. The number of benzene rings is 2. The number of ether oxygens (including phenoxy) is 2. The van der Waals surface area contributed by atoms with Crippen LogP contribution in [0.25, 0.3) is 0 Å². The van der Waals surface area contributed by atoms with Crippen molar-refractivity contribution in [2.45, 2.75) is 20.0 Å². The Labute approximate surface area is 152 Å². The molecule has 0 aliphatic rings. The van der Waals surface area contributed by atoms with E-state index < -0.39 is 11.9 Å². The number of aryl methyl sites for hydroxylation is 1. The van der Waals surface area contributed by atoms with Crippen LogP contribution in [0.3, 0.4) is 0 Å². The van der Waals surface area contributed by atoms with Gasteiger partial charge in [0.2, 0.25) is 0 Å². The van der Waals surface area contributed by atoms with Crippen molar-refractivity contribution in [3.63, 3.8) is 0 Å². The molecule has 1 N–H and O–H groups in total. The quantitative estimate of drug-likeness (QED) is 0.772. The molecular weight excluding hydrogens is 334 g/mol. The number of nitrogens with one attached hydrogen (secondary N) is 1. The monoisotopic (exact) mass is 355 g/mol. The normalized spacial score (nSPS) is 10.1. The maximum Gasteiger partial charge on any atom is 0.337 e. The molecule has 0 atom stereocenters. The van der Waals surface area contributed by atoms with E-state index in [1.54, 1.807) is 36.4 Å². The minimum Gasteiger partial charge on any atom is -0.465 e. The number of methoxy groups -OCH3 is 1. The van der Waals surface area contributed by atoms with Crippen molar-refractivity contribution < 1.29 is 23.9 Å². The highest BCUT2D eigenvalue weighted by Crippen LogP contribution is 2.09. The molecule has 0 aromatic heterocycles. The Bertz CT molecular complexity index is 800. The van der Waals surface area contributed by atoms with Gasteiger partial charge in [-0.2, -0.15) is 0 Å². The van der Waals surface area contributed by atoms with Gasteiger partial charge in [0.05, 0.1) is 19.1 Å². The van der Waals surface area contributed by atoms with Crippen LogP contribution in [0.4, 0.5) is 0 Å². The molecule has 0 saturated carbocycles. The first-order valence-electron chi connectivity index (χ1n) is 8.18. The lowest BCUT2D eigenvalue weighted by Crippen LogP contribution is -2.27. The van der Waals surface area contributed by atoms with E-state index in [1.807, 2.05) is 19.1 Å². The van der Waals surface area contributed by atoms with Crippen LogP contribution in [0, 0.1) is 6.92 Å². The van der Waals surface area contributed by atoms with E-state index in [4.69, 9.17) is 4.74 Å². The molecule has 0 radical (unpaired) electrons. The molecule has 0 bridgehead atoms. The summed E-state index contributed by atoms with van der Waals surface area (Å²) in [4.78, 5) is 35.3. The molecule has 0 aliphatic heterocycles. The molecule has 0 unspecified atom stereocenters. The van der Waals surface area contributed by atoms with Crippen LogP contribution < -0.4 is 5.32 Å². The van der Waals surface area contributed by atoms with Gasteiger partial charge in [0.1, 0.15) is 6.61 Å². The lowest BCUT2D eigenvalue weighted by Gasteiger charge is -2.08. The number of amides is 1. The molecule has 0 aliphatic carbocycles. The summed E-state index contributed by atoms with van der Waals surface area (Å²) in [6.45, 7) is 2.09. The summed E-state index contributed by atoms with van der Waals surface area (Å²) in [6.07, 6.45) is 0.0638. The molecule has 2 aromatic rings. The van der Waals surface area contributed by atoms with E-state index >= 15 is 0 Å². The molecule has 6 nitrogen and oxygen atoms in total. The van der Waals surface area contributed by atoms with Crippen LogP contribution in [0.2, 0.25) is 0 Å². The minimum absolute atomic E-state index is 0.0510. The largest absolute Gasteiger partial charge is 0.465 e. The summed E-state index contributed by atoms with van der Waals surface area (Å²) >= 11 is 0. The van der Waals surface area contributed by atoms with Crippen LogP contribution in [-0.4, -0.2) is 31.5 Å². The summed E-state index contributed by atoms with van der Waals surface area (Å²) in [5.41, 5.74) is 2.54. The maximum atomic E-state index is 12.0. The first kappa shape index (κ1) is 19.2. The third kappa shape index (κ3) is 5.44. The van der Waals surface area contributed by atoms with E-state index in [1.165, 1.54) is 7.11 Å².